The summed E-state index contributed by atoms with van der Waals surface area (Å²) in [6.45, 7) is 9.00. The molecule has 1 heterocycles. The molecule has 0 saturated carbocycles. The SMILES string of the molecule is COC(=O)c1c(C)c(C(=O)[C@H](C)N(CC(C)C)S(=O)(=O)c2ccccc2)c(C)n1C. The topological polar surface area (TPSA) is 85.7 Å². The summed E-state index contributed by atoms with van der Waals surface area (Å²) in [5.41, 5.74) is 1.71. The van der Waals surface area contributed by atoms with Gasteiger partial charge in [0.2, 0.25) is 10.0 Å². The highest BCUT2D eigenvalue weighted by Gasteiger charge is 2.36. The number of methoxy groups -OCH3 is 1. The molecular weight excluding hydrogens is 404 g/mol. The lowest BCUT2D eigenvalue weighted by atomic mass is 10.0. The van der Waals surface area contributed by atoms with Crippen LogP contribution in [0.5, 0.6) is 0 Å². The van der Waals surface area contributed by atoms with Crippen LogP contribution in [0.2, 0.25) is 0 Å². The van der Waals surface area contributed by atoms with Crippen LogP contribution in [-0.2, 0) is 21.8 Å². The van der Waals surface area contributed by atoms with Gasteiger partial charge >= 0.3 is 5.97 Å². The van der Waals surface area contributed by atoms with E-state index in [-0.39, 0.29) is 28.8 Å². The van der Waals surface area contributed by atoms with Crippen LogP contribution in [0.4, 0.5) is 0 Å². The van der Waals surface area contributed by atoms with Crippen molar-refractivity contribution in [3.05, 3.63) is 52.8 Å². The Morgan fingerprint density at radius 2 is 1.67 bits per heavy atom. The second-order valence-corrected chi connectivity index (χ2v) is 9.70. The molecule has 30 heavy (non-hydrogen) atoms. The number of hydrogen-bond donors (Lipinski definition) is 0. The molecule has 164 valence electrons. The first-order valence-electron chi connectivity index (χ1n) is 9.80. The largest absolute Gasteiger partial charge is 0.464 e. The van der Waals surface area contributed by atoms with Crippen LogP contribution >= 0.6 is 0 Å². The van der Waals surface area contributed by atoms with Gasteiger partial charge in [-0.3, -0.25) is 4.79 Å². The molecule has 0 saturated heterocycles. The van der Waals surface area contributed by atoms with Crippen LogP contribution < -0.4 is 0 Å². The normalized spacial score (nSPS) is 13.0. The van der Waals surface area contributed by atoms with Crippen LogP contribution in [0.15, 0.2) is 35.2 Å². The Kier molecular flexibility index (Phi) is 7.26. The maximum Gasteiger partial charge on any atom is 0.354 e. The Bertz CT molecular complexity index is 1040. The summed E-state index contributed by atoms with van der Waals surface area (Å²) in [5, 5.41) is 0. The molecule has 8 heteroatoms. The van der Waals surface area contributed by atoms with E-state index in [1.165, 1.54) is 23.5 Å². The predicted molar refractivity (Wildman–Crippen MR) is 115 cm³/mol. The van der Waals surface area contributed by atoms with Crippen molar-refractivity contribution in [1.82, 2.24) is 8.87 Å². The van der Waals surface area contributed by atoms with Crippen LogP contribution in [0.25, 0.3) is 0 Å². The maximum absolute atomic E-state index is 13.5. The van der Waals surface area contributed by atoms with Crippen LogP contribution in [0.3, 0.4) is 0 Å². The summed E-state index contributed by atoms with van der Waals surface area (Å²) >= 11 is 0. The van der Waals surface area contributed by atoms with Crippen molar-refractivity contribution in [3.8, 4) is 0 Å². The molecule has 1 atom stereocenters. The van der Waals surface area contributed by atoms with Crippen molar-refractivity contribution in [2.45, 2.75) is 45.6 Å². The van der Waals surface area contributed by atoms with Crippen molar-refractivity contribution in [3.63, 3.8) is 0 Å². The number of benzene rings is 1. The Hall–Kier alpha value is -2.45. The average Bonchev–Trinajstić information content (AvgIpc) is 2.93. The van der Waals surface area contributed by atoms with Crippen molar-refractivity contribution in [2.75, 3.05) is 13.7 Å². The molecule has 0 N–H and O–H groups in total. The molecule has 2 aromatic rings. The molecule has 1 aromatic heterocycles. The highest BCUT2D eigenvalue weighted by atomic mass is 32.2. The third-order valence-electron chi connectivity index (χ3n) is 5.26. The Balaban J connectivity index is 2.56. The van der Waals surface area contributed by atoms with E-state index in [0.717, 1.165) is 0 Å². The summed E-state index contributed by atoms with van der Waals surface area (Å²) in [6.07, 6.45) is 0. The van der Waals surface area contributed by atoms with Gasteiger partial charge in [0.15, 0.2) is 5.78 Å². The average molecular weight is 435 g/mol. The van der Waals surface area contributed by atoms with Gasteiger partial charge in [-0.05, 0) is 44.4 Å². The van der Waals surface area contributed by atoms with Crippen molar-refractivity contribution < 1.29 is 22.7 Å². The molecule has 0 amide bonds. The fraction of sp³-hybridized carbons (Fsp3) is 0.455. The lowest BCUT2D eigenvalue weighted by Gasteiger charge is -2.29. The van der Waals surface area contributed by atoms with E-state index in [2.05, 4.69) is 0 Å². The van der Waals surface area contributed by atoms with Crippen LogP contribution in [0.1, 0.15) is 52.9 Å². The van der Waals surface area contributed by atoms with Gasteiger partial charge in [0.05, 0.1) is 18.0 Å². The number of carbonyl (C=O) groups excluding carboxylic acids is 2. The van der Waals surface area contributed by atoms with Gasteiger partial charge in [0, 0.05) is 24.8 Å². The van der Waals surface area contributed by atoms with E-state index < -0.39 is 22.0 Å². The lowest BCUT2D eigenvalue weighted by molar-refractivity contribution is 0.0588. The minimum Gasteiger partial charge on any atom is -0.464 e. The molecule has 0 radical (unpaired) electrons. The molecule has 7 nitrogen and oxygen atoms in total. The quantitative estimate of drug-likeness (QED) is 0.470. The van der Waals surface area contributed by atoms with Gasteiger partial charge in [-0.15, -0.1) is 0 Å². The zero-order valence-corrected chi connectivity index (χ0v) is 19.4. The summed E-state index contributed by atoms with van der Waals surface area (Å²) in [6, 6.07) is 7.15. The smallest absolute Gasteiger partial charge is 0.354 e. The van der Waals surface area contributed by atoms with E-state index in [4.69, 9.17) is 4.74 Å². The number of ketones is 1. The minimum absolute atomic E-state index is 0.0161. The fourth-order valence-corrected chi connectivity index (χ4v) is 5.40. The van der Waals surface area contributed by atoms with E-state index in [1.807, 2.05) is 13.8 Å². The highest BCUT2D eigenvalue weighted by molar-refractivity contribution is 7.89. The molecule has 1 aromatic carbocycles. The van der Waals surface area contributed by atoms with Crippen molar-refractivity contribution in [2.24, 2.45) is 13.0 Å². The van der Waals surface area contributed by atoms with Crippen LogP contribution in [0, 0.1) is 19.8 Å². The van der Waals surface area contributed by atoms with E-state index in [0.29, 0.717) is 16.8 Å². The minimum atomic E-state index is -3.88. The summed E-state index contributed by atoms with van der Waals surface area (Å²) in [7, 11) is -0.918. The van der Waals surface area contributed by atoms with E-state index >= 15 is 0 Å². The van der Waals surface area contributed by atoms with Gasteiger partial charge in [0.25, 0.3) is 0 Å². The predicted octanol–water partition coefficient (Wildman–Crippen LogP) is 3.35. The number of Topliss-reactive ketones (excluding diaryl/α,β-unsaturated/α-hetero) is 1. The first kappa shape index (κ1) is 23.8. The second kappa shape index (κ2) is 9.14. The second-order valence-electron chi connectivity index (χ2n) is 7.81. The van der Waals surface area contributed by atoms with Crippen molar-refractivity contribution >= 4 is 21.8 Å². The molecular formula is C22H30N2O5S. The Labute approximate surface area is 178 Å². The number of sulfonamides is 1. The number of rotatable bonds is 8. The molecule has 0 aliphatic rings. The number of carbonyl (C=O) groups is 2. The van der Waals surface area contributed by atoms with Gasteiger partial charge in [-0.2, -0.15) is 4.31 Å². The van der Waals surface area contributed by atoms with E-state index in [9.17, 15) is 18.0 Å². The summed E-state index contributed by atoms with van der Waals surface area (Å²) < 4.78 is 34.4. The molecule has 0 unspecified atom stereocenters. The molecule has 0 spiro atoms. The highest BCUT2D eigenvalue weighted by Crippen LogP contribution is 2.27. The van der Waals surface area contributed by atoms with Gasteiger partial charge < -0.3 is 9.30 Å². The maximum atomic E-state index is 13.5. The Morgan fingerprint density at radius 3 is 2.17 bits per heavy atom. The van der Waals surface area contributed by atoms with Gasteiger partial charge in [-0.1, -0.05) is 32.0 Å². The zero-order valence-electron chi connectivity index (χ0n) is 18.6. The molecule has 2 rings (SSSR count). The third kappa shape index (κ3) is 4.34. The van der Waals surface area contributed by atoms with Gasteiger partial charge in [0.1, 0.15) is 5.69 Å². The monoisotopic (exact) mass is 434 g/mol. The Morgan fingerprint density at radius 1 is 1.10 bits per heavy atom. The van der Waals surface area contributed by atoms with Crippen molar-refractivity contribution in [1.29, 1.82) is 0 Å². The van der Waals surface area contributed by atoms with Crippen LogP contribution in [-0.4, -0.2) is 48.7 Å². The van der Waals surface area contributed by atoms with Gasteiger partial charge in [-0.25, -0.2) is 13.2 Å². The molecule has 0 bridgehead atoms. The number of esters is 1. The fourth-order valence-electron chi connectivity index (χ4n) is 3.62. The zero-order chi connectivity index (χ0) is 22.8. The molecule has 0 aliphatic heterocycles. The lowest BCUT2D eigenvalue weighted by Crippen LogP contribution is -2.45. The number of hydrogen-bond acceptors (Lipinski definition) is 5. The number of nitrogens with zero attached hydrogens (tertiary/aromatic N) is 2. The first-order chi connectivity index (χ1) is 13.9. The van der Waals surface area contributed by atoms with E-state index in [1.54, 1.807) is 50.6 Å². The standard InChI is InChI=1S/C22H30N2O5S/c1-14(2)13-24(30(27,28)18-11-9-8-10-12-18)17(5)21(25)19-15(3)20(22(26)29-7)23(6)16(19)4/h8-12,14,17H,13H2,1-7H3/t17-/m0/s1. The first-order valence-corrected chi connectivity index (χ1v) is 11.2. The number of aromatic nitrogens is 1. The molecule has 0 fully saturated rings. The third-order valence-corrected chi connectivity index (χ3v) is 7.21. The summed E-state index contributed by atoms with van der Waals surface area (Å²) in [4.78, 5) is 25.8. The molecule has 0 aliphatic carbocycles. The summed E-state index contributed by atoms with van der Waals surface area (Å²) in [5.74, 6) is -0.876. The number of ether oxygens (including phenoxy) is 1.